The van der Waals surface area contributed by atoms with Crippen LogP contribution in [0.1, 0.15) is 47.1 Å². The summed E-state index contributed by atoms with van der Waals surface area (Å²) in [6.45, 7) is 2.30. The minimum absolute atomic E-state index is 0.359. The molecule has 2 aliphatic rings. The molecule has 0 heterocycles. The first kappa shape index (κ1) is 17.5. The van der Waals surface area contributed by atoms with E-state index in [4.69, 9.17) is 0 Å². The van der Waals surface area contributed by atoms with Crippen LogP contribution in [0.3, 0.4) is 0 Å². The monoisotopic (exact) mass is 384 g/mol. The second-order valence-electron chi connectivity index (χ2n) is 8.39. The molecule has 30 heavy (non-hydrogen) atoms. The quantitative estimate of drug-likeness (QED) is 0.297. The Kier molecular flexibility index (Phi) is 3.99. The molecule has 0 saturated heterocycles. The van der Waals surface area contributed by atoms with Crippen molar-refractivity contribution in [1.29, 1.82) is 0 Å². The third-order valence-corrected chi connectivity index (χ3v) is 6.84. The van der Waals surface area contributed by atoms with E-state index in [1.165, 1.54) is 55.6 Å². The maximum Gasteiger partial charge on any atom is 0.0311 e. The Morgan fingerprint density at radius 1 is 0.667 bits per heavy atom. The summed E-state index contributed by atoms with van der Waals surface area (Å²) < 4.78 is 0. The van der Waals surface area contributed by atoms with Crippen molar-refractivity contribution in [3.8, 4) is 22.3 Å². The predicted molar refractivity (Wildman–Crippen MR) is 127 cm³/mol. The van der Waals surface area contributed by atoms with Gasteiger partial charge in [-0.25, -0.2) is 0 Å². The number of hydrogen-bond donors (Lipinski definition) is 0. The lowest BCUT2D eigenvalue weighted by atomic mass is 9.82. The van der Waals surface area contributed by atoms with Gasteiger partial charge in [0.1, 0.15) is 0 Å². The van der Waals surface area contributed by atoms with Crippen LogP contribution in [0, 0.1) is 0 Å². The van der Waals surface area contributed by atoms with E-state index in [-0.39, 0.29) is 0 Å². The van der Waals surface area contributed by atoms with E-state index < -0.39 is 0 Å². The summed E-state index contributed by atoms with van der Waals surface area (Å²) in [5.74, 6) is 0.359. The molecule has 0 amide bonds. The Labute approximate surface area is 178 Å². The van der Waals surface area contributed by atoms with Crippen LogP contribution >= 0.6 is 0 Å². The van der Waals surface area contributed by atoms with Crippen LogP contribution in [-0.2, 0) is 6.42 Å². The minimum Gasteiger partial charge on any atom is -0.0622 e. The van der Waals surface area contributed by atoms with Gasteiger partial charge in [-0.15, -0.1) is 0 Å². The molecule has 0 bridgehead atoms. The summed E-state index contributed by atoms with van der Waals surface area (Å²) in [5, 5.41) is 0. The SMILES string of the molecule is CCC1=Cc2c(-c3ccccc3)cccc2C1c1cccc2c1Cc1ccccc1-2. The zero-order valence-electron chi connectivity index (χ0n) is 17.2. The van der Waals surface area contributed by atoms with E-state index in [0.717, 1.165) is 12.8 Å². The lowest BCUT2D eigenvalue weighted by Crippen LogP contribution is -2.05. The molecular weight excluding hydrogens is 360 g/mol. The molecule has 0 aliphatic heterocycles. The summed E-state index contributed by atoms with van der Waals surface area (Å²) in [5.41, 5.74) is 14.3. The molecule has 0 fully saturated rings. The smallest absolute Gasteiger partial charge is 0.0311 e. The Hall–Kier alpha value is -3.38. The Morgan fingerprint density at radius 3 is 2.20 bits per heavy atom. The van der Waals surface area contributed by atoms with Crippen molar-refractivity contribution >= 4 is 6.08 Å². The molecule has 2 aliphatic carbocycles. The van der Waals surface area contributed by atoms with Crippen LogP contribution < -0.4 is 0 Å². The highest BCUT2D eigenvalue weighted by molar-refractivity contribution is 5.85. The number of allylic oxidation sites excluding steroid dienone is 1. The lowest BCUT2D eigenvalue weighted by molar-refractivity contribution is 0.895. The largest absolute Gasteiger partial charge is 0.0622 e. The number of hydrogen-bond acceptors (Lipinski definition) is 0. The summed E-state index contributed by atoms with van der Waals surface area (Å²) in [7, 11) is 0. The molecule has 144 valence electrons. The third-order valence-electron chi connectivity index (χ3n) is 6.84. The molecule has 0 heteroatoms. The lowest BCUT2D eigenvalue weighted by Gasteiger charge is -2.21. The Balaban J connectivity index is 1.54. The molecule has 0 nitrogen and oxygen atoms in total. The van der Waals surface area contributed by atoms with Gasteiger partial charge in [-0.3, -0.25) is 0 Å². The summed E-state index contributed by atoms with van der Waals surface area (Å²) >= 11 is 0. The zero-order chi connectivity index (χ0) is 20.1. The van der Waals surface area contributed by atoms with Gasteiger partial charge in [-0.1, -0.05) is 110 Å². The van der Waals surface area contributed by atoms with Crippen LogP contribution in [0.25, 0.3) is 28.3 Å². The highest BCUT2D eigenvalue weighted by atomic mass is 14.3. The summed E-state index contributed by atoms with van der Waals surface area (Å²) in [4.78, 5) is 0. The normalized spacial score (nSPS) is 16.0. The van der Waals surface area contributed by atoms with E-state index >= 15 is 0 Å². The first-order valence-electron chi connectivity index (χ1n) is 10.9. The molecule has 4 aromatic carbocycles. The fourth-order valence-corrected chi connectivity index (χ4v) is 5.46. The van der Waals surface area contributed by atoms with Crippen molar-refractivity contribution in [3.63, 3.8) is 0 Å². The number of benzene rings is 4. The van der Waals surface area contributed by atoms with Crippen molar-refractivity contribution in [3.05, 3.63) is 124 Å². The number of rotatable bonds is 3. The van der Waals surface area contributed by atoms with Crippen LogP contribution in [0.15, 0.2) is 96.6 Å². The van der Waals surface area contributed by atoms with Crippen molar-refractivity contribution in [2.75, 3.05) is 0 Å². The topological polar surface area (TPSA) is 0 Å². The molecule has 0 N–H and O–H groups in total. The van der Waals surface area contributed by atoms with Crippen LogP contribution in [0.2, 0.25) is 0 Å². The van der Waals surface area contributed by atoms with Gasteiger partial charge in [0.25, 0.3) is 0 Å². The van der Waals surface area contributed by atoms with Gasteiger partial charge in [0.15, 0.2) is 0 Å². The van der Waals surface area contributed by atoms with Gasteiger partial charge in [-0.2, -0.15) is 0 Å². The van der Waals surface area contributed by atoms with Gasteiger partial charge in [-0.05, 0) is 62.9 Å². The highest BCUT2D eigenvalue weighted by Gasteiger charge is 2.31. The second kappa shape index (κ2) is 6.85. The number of fused-ring (bicyclic) bond motifs is 4. The fraction of sp³-hybridized carbons (Fsp3) is 0.133. The standard InChI is InChI=1S/C30H24/c1-2-20-18-28-23(21-10-4-3-5-11-21)14-8-16-26(28)30(20)27-17-9-15-25-24-13-7-6-12-22(24)19-29(25)27/h3-18,30H,2,19H2,1H3. The minimum atomic E-state index is 0.359. The van der Waals surface area contributed by atoms with E-state index in [0.29, 0.717) is 5.92 Å². The van der Waals surface area contributed by atoms with Crippen molar-refractivity contribution < 1.29 is 0 Å². The van der Waals surface area contributed by atoms with Gasteiger partial charge < -0.3 is 0 Å². The highest BCUT2D eigenvalue weighted by Crippen LogP contribution is 2.49. The molecule has 6 rings (SSSR count). The van der Waals surface area contributed by atoms with Gasteiger partial charge in [0, 0.05) is 5.92 Å². The Morgan fingerprint density at radius 2 is 1.37 bits per heavy atom. The van der Waals surface area contributed by atoms with Crippen molar-refractivity contribution in [2.45, 2.75) is 25.7 Å². The maximum atomic E-state index is 2.46. The molecule has 1 atom stereocenters. The average molecular weight is 385 g/mol. The van der Waals surface area contributed by atoms with E-state index in [1.807, 2.05) is 0 Å². The Bertz CT molecular complexity index is 1290. The predicted octanol–water partition coefficient (Wildman–Crippen LogP) is 7.86. The van der Waals surface area contributed by atoms with E-state index in [1.54, 1.807) is 0 Å². The molecule has 0 saturated carbocycles. The average Bonchev–Trinajstić information content (AvgIpc) is 3.37. The van der Waals surface area contributed by atoms with Crippen molar-refractivity contribution in [2.24, 2.45) is 0 Å². The zero-order valence-corrected chi connectivity index (χ0v) is 17.2. The summed E-state index contributed by atoms with van der Waals surface area (Å²) in [6, 6.07) is 33.4. The molecule has 1 unspecified atom stereocenters. The summed E-state index contributed by atoms with van der Waals surface area (Å²) in [6.07, 6.45) is 4.58. The van der Waals surface area contributed by atoms with E-state index in [2.05, 4.69) is 104 Å². The third kappa shape index (κ3) is 2.53. The molecule has 4 aromatic rings. The second-order valence-corrected chi connectivity index (χ2v) is 8.39. The molecule has 0 aromatic heterocycles. The maximum absolute atomic E-state index is 2.46. The van der Waals surface area contributed by atoms with Crippen molar-refractivity contribution in [1.82, 2.24) is 0 Å². The first-order valence-corrected chi connectivity index (χ1v) is 10.9. The van der Waals surface area contributed by atoms with Gasteiger partial charge >= 0.3 is 0 Å². The van der Waals surface area contributed by atoms with Crippen LogP contribution in [0.5, 0.6) is 0 Å². The van der Waals surface area contributed by atoms with Gasteiger partial charge in [0.2, 0.25) is 0 Å². The van der Waals surface area contributed by atoms with E-state index in [9.17, 15) is 0 Å². The molecular formula is C30H24. The fourth-order valence-electron chi connectivity index (χ4n) is 5.46. The van der Waals surface area contributed by atoms with Crippen LogP contribution in [-0.4, -0.2) is 0 Å². The first-order chi connectivity index (χ1) is 14.8. The van der Waals surface area contributed by atoms with Gasteiger partial charge in [0.05, 0.1) is 0 Å². The molecule has 0 spiro atoms. The van der Waals surface area contributed by atoms with Crippen LogP contribution in [0.4, 0.5) is 0 Å². The molecule has 0 radical (unpaired) electrons.